The molecule has 0 saturated heterocycles. The van der Waals surface area contributed by atoms with Gasteiger partial charge in [0.1, 0.15) is 17.6 Å². The van der Waals surface area contributed by atoms with Crippen LogP contribution in [0.5, 0.6) is 11.5 Å². The van der Waals surface area contributed by atoms with E-state index in [2.05, 4.69) is 5.32 Å². The van der Waals surface area contributed by atoms with Crippen LogP contribution in [-0.2, 0) is 9.53 Å². The summed E-state index contributed by atoms with van der Waals surface area (Å²) in [6.07, 6.45) is 6.18. The summed E-state index contributed by atoms with van der Waals surface area (Å²) in [6.45, 7) is 1.77. The number of rotatable bonds is 5. The number of carbonyl (C=O) groups is 2. The molecule has 1 atom stereocenters. The molecule has 0 unspecified atom stereocenters. The fourth-order valence-electron chi connectivity index (χ4n) is 3.97. The molecule has 0 aromatic heterocycles. The lowest BCUT2D eigenvalue weighted by Crippen LogP contribution is -2.46. The molecule has 1 saturated carbocycles. The van der Waals surface area contributed by atoms with E-state index in [1.807, 2.05) is 0 Å². The Kier molecular flexibility index (Phi) is 6.67. The predicted octanol–water partition coefficient (Wildman–Crippen LogP) is 3.94. The zero-order valence-corrected chi connectivity index (χ0v) is 17.6. The third kappa shape index (κ3) is 4.49. The van der Waals surface area contributed by atoms with Crippen molar-refractivity contribution in [1.82, 2.24) is 10.2 Å². The molecule has 0 spiro atoms. The lowest BCUT2D eigenvalue weighted by Gasteiger charge is -2.34. The molecule has 3 rings (SSSR count). The van der Waals surface area contributed by atoms with Crippen LogP contribution in [-0.4, -0.2) is 44.3 Å². The smallest absolute Gasteiger partial charge is 0.338 e. The number of nitrogens with one attached hydrogen (secondary N) is 1. The van der Waals surface area contributed by atoms with Crippen LogP contribution in [0, 0.1) is 0 Å². The summed E-state index contributed by atoms with van der Waals surface area (Å²) in [6, 6.07) is 4.35. The number of allylic oxidation sites excluding steroid dienone is 1. The van der Waals surface area contributed by atoms with Gasteiger partial charge in [-0.1, -0.05) is 12.8 Å². The van der Waals surface area contributed by atoms with Crippen LogP contribution < -0.4 is 14.8 Å². The lowest BCUT2D eigenvalue weighted by atomic mass is 9.94. The summed E-state index contributed by atoms with van der Waals surface area (Å²) in [5.74, 6) is 0.785. The molecule has 0 bridgehead atoms. The molecular formula is C22H30N2O5. The molecule has 29 heavy (non-hydrogen) atoms. The van der Waals surface area contributed by atoms with Gasteiger partial charge in [0.05, 0.1) is 25.8 Å². The largest absolute Gasteiger partial charge is 0.497 e. The molecule has 2 aliphatic rings. The highest BCUT2D eigenvalue weighted by Gasteiger charge is 2.37. The molecule has 1 heterocycles. The number of urea groups is 1. The van der Waals surface area contributed by atoms with E-state index in [9.17, 15) is 9.59 Å². The summed E-state index contributed by atoms with van der Waals surface area (Å²) < 4.78 is 16.7. The predicted molar refractivity (Wildman–Crippen MR) is 109 cm³/mol. The van der Waals surface area contributed by atoms with Gasteiger partial charge < -0.3 is 24.4 Å². The second-order valence-corrected chi connectivity index (χ2v) is 7.57. The van der Waals surface area contributed by atoms with Gasteiger partial charge in [-0.2, -0.15) is 0 Å². The molecule has 1 aliphatic carbocycles. The highest BCUT2D eigenvalue weighted by molar-refractivity contribution is 5.95. The van der Waals surface area contributed by atoms with Crippen molar-refractivity contribution in [1.29, 1.82) is 0 Å². The first-order chi connectivity index (χ1) is 14.0. The van der Waals surface area contributed by atoms with Gasteiger partial charge in [-0.05, 0) is 50.8 Å². The molecule has 7 nitrogen and oxygen atoms in total. The van der Waals surface area contributed by atoms with Crippen molar-refractivity contribution in [3.05, 3.63) is 35.0 Å². The molecule has 7 heteroatoms. The number of esters is 1. The molecule has 2 amide bonds. The first kappa shape index (κ1) is 21.0. The molecule has 1 N–H and O–H groups in total. The van der Waals surface area contributed by atoms with E-state index in [-0.39, 0.29) is 12.1 Å². The van der Waals surface area contributed by atoms with Crippen molar-refractivity contribution < 1.29 is 23.8 Å². The first-order valence-electron chi connectivity index (χ1n) is 10.1. The number of carbonyl (C=O) groups excluding carboxylic acids is 2. The third-order valence-electron chi connectivity index (χ3n) is 5.80. The molecule has 0 radical (unpaired) electrons. The van der Waals surface area contributed by atoms with Crippen LogP contribution in [0.1, 0.15) is 57.1 Å². The molecule has 1 fully saturated rings. The minimum Gasteiger partial charge on any atom is -0.497 e. The summed E-state index contributed by atoms with van der Waals surface area (Å²) >= 11 is 0. The highest BCUT2D eigenvalue weighted by atomic mass is 16.5. The van der Waals surface area contributed by atoms with Gasteiger partial charge in [0.15, 0.2) is 0 Å². The van der Waals surface area contributed by atoms with Crippen LogP contribution in [0.2, 0.25) is 0 Å². The van der Waals surface area contributed by atoms with Crippen LogP contribution in [0.3, 0.4) is 0 Å². The fraction of sp³-hybridized carbons (Fsp3) is 0.545. The molecule has 1 aromatic rings. The number of nitrogens with zero attached hydrogens (tertiary/aromatic N) is 1. The Bertz CT molecular complexity index is 796. The van der Waals surface area contributed by atoms with Gasteiger partial charge >= 0.3 is 12.0 Å². The Morgan fingerprint density at radius 1 is 1.10 bits per heavy atom. The van der Waals surface area contributed by atoms with Crippen LogP contribution in [0.15, 0.2) is 29.5 Å². The maximum atomic E-state index is 13.2. The summed E-state index contributed by atoms with van der Waals surface area (Å²) in [7, 11) is 4.77. The monoisotopic (exact) mass is 402 g/mol. The van der Waals surface area contributed by atoms with Crippen molar-refractivity contribution in [2.45, 2.75) is 57.6 Å². The third-order valence-corrected chi connectivity index (χ3v) is 5.80. The summed E-state index contributed by atoms with van der Waals surface area (Å²) in [5.41, 5.74) is 1.64. The normalized spacial score (nSPS) is 20.8. The average Bonchev–Trinajstić information content (AvgIpc) is 2.99. The standard InChI is InChI=1S/C22H30N2O5/c1-14-19(21(25)29-15-9-7-5-6-8-10-15)20(23-22(26)24(14)2)17-13-16(27-3)11-12-18(17)28-4/h11-13,15,20H,5-10H2,1-4H3,(H,23,26)/t20-/m1/s1. The number of amides is 2. The minimum atomic E-state index is -0.679. The highest BCUT2D eigenvalue weighted by Crippen LogP contribution is 2.38. The Morgan fingerprint density at radius 2 is 1.79 bits per heavy atom. The zero-order valence-electron chi connectivity index (χ0n) is 17.6. The zero-order chi connectivity index (χ0) is 21.0. The lowest BCUT2D eigenvalue weighted by molar-refractivity contribution is -0.145. The maximum Gasteiger partial charge on any atom is 0.338 e. The van der Waals surface area contributed by atoms with Gasteiger partial charge in [0, 0.05) is 18.3 Å². The van der Waals surface area contributed by atoms with Gasteiger partial charge in [-0.15, -0.1) is 0 Å². The van der Waals surface area contributed by atoms with E-state index in [0.29, 0.717) is 28.3 Å². The number of methoxy groups -OCH3 is 2. The first-order valence-corrected chi connectivity index (χ1v) is 10.1. The van der Waals surface area contributed by atoms with Crippen molar-refractivity contribution in [2.24, 2.45) is 0 Å². The Hall–Kier alpha value is -2.70. The maximum absolute atomic E-state index is 13.2. The van der Waals surface area contributed by atoms with Gasteiger partial charge in [0.25, 0.3) is 0 Å². The van der Waals surface area contributed by atoms with Crippen molar-refractivity contribution in [3.8, 4) is 11.5 Å². The second-order valence-electron chi connectivity index (χ2n) is 7.57. The Labute approximate surface area is 172 Å². The van der Waals surface area contributed by atoms with Crippen molar-refractivity contribution in [3.63, 3.8) is 0 Å². The van der Waals surface area contributed by atoms with E-state index < -0.39 is 12.0 Å². The number of ether oxygens (including phenoxy) is 3. The fourth-order valence-corrected chi connectivity index (χ4v) is 3.97. The van der Waals surface area contributed by atoms with Crippen LogP contribution >= 0.6 is 0 Å². The molecule has 158 valence electrons. The van der Waals surface area contributed by atoms with Crippen molar-refractivity contribution >= 4 is 12.0 Å². The minimum absolute atomic E-state index is 0.0823. The number of hydrogen-bond donors (Lipinski definition) is 1. The molecule has 1 aliphatic heterocycles. The Morgan fingerprint density at radius 3 is 2.41 bits per heavy atom. The van der Waals surface area contributed by atoms with E-state index in [0.717, 1.165) is 25.7 Å². The average molecular weight is 402 g/mol. The number of benzene rings is 1. The van der Waals surface area contributed by atoms with Crippen molar-refractivity contribution in [2.75, 3.05) is 21.3 Å². The van der Waals surface area contributed by atoms with Crippen LogP contribution in [0.25, 0.3) is 0 Å². The van der Waals surface area contributed by atoms with E-state index in [1.165, 1.54) is 17.7 Å². The summed E-state index contributed by atoms with van der Waals surface area (Å²) in [5, 5.41) is 2.91. The number of hydrogen-bond acceptors (Lipinski definition) is 5. The second kappa shape index (κ2) is 9.20. The molecule has 1 aromatic carbocycles. The SMILES string of the molecule is COc1ccc(OC)c([C@H]2NC(=O)N(C)C(C)=C2C(=O)OC2CCCCCC2)c1. The molecular weight excluding hydrogens is 372 g/mol. The van der Waals surface area contributed by atoms with E-state index in [4.69, 9.17) is 14.2 Å². The quantitative estimate of drug-likeness (QED) is 0.596. The van der Waals surface area contributed by atoms with E-state index in [1.54, 1.807) is 46.4 Å². The van der Waals surface area contributed by atoms with Gasteiger partial charge in [-0.3, -0.25) is 0 Å². The van der Waals surface area contributed by atoms with Gasteiger partial charge in [-0.25, -0.2) is 9.59 Å². The van der Waals surface area contributed by atoms with Gasteiger partial charge in [0.2, 0.25) is 0 Å². The topological polar surface area (TPSA) is 77.1 Å². The summed E-state index contributed by atoms with van der Waals surface area (Å²) in [4.78, 5) is 27.2. The van der Waals surface area contributed by atoms with E-state index >= 15 is 0 Å². The van der Waals surface area contributed by atoms with Crippen LogP contribution in [0.4, 0.5) is 4.79 Å². The Balaban J connectivity index is 1.98.